The van der Waals surface area contributed by atoms with Crippen molar-refractivity contribution in [3.05, 3.63) is 18.2 Å². The number of aryl methyl sites for hydroxylation is 1. The van der Waals surface area contributed by atoms with E-state index in [1.54, 1.807) is 12.4 Å². The number of aromatic nitrogens is 2. The highest BCUT2D eigenvalue weighted by atomic mass is 16.4. The molecule has 0 N–H and O–H groups in total. The molecule has 0 unspecified atom stereocenters. The molecule has 0 amide bonds. The Morgan fingerprint density at radius 3 is 2.92 bits per heavy atom. The minimum absolute atomic E-state index is 0.0250. The van der Waals surface area contributed by atoms with E-state index in [-0.39, 0.29) is 12.5 Å². The summed E-state index contributed by atoms with van der Waals surface area (Å²) in [6.45, 7) is 3.66. The molecule has 0 saturated carbocycles. The molecule has 0 aromatic carbocycles. The van der Waals surface area contributed by atoms with E-state index in [0.717, 1.165) is 5.82 Å². The molecular formula is C8H11N2O2-. The number of carbonyl (C=O) groups excluding carboxylic acids is 1. The fourth-order valence-corrected chi connectivity index (χ4v) is 1.19. The summed E-state index contributed by atoms with van der Waals surface area (Å²) in [5, 5.41) is 10.3. The maximum absolute atomic E-state index is 10.3. The molecule has 1 aromatic rings. The van der Waals surface area contributed by atoms with Crippen LogP contribution < -0.4 is 5.11 Å². The topological polar surface area (TPSA) is 58.0 Å². The molecule has 0 bridgehead atoms. The van der Waals surface area contributed by atoms with Crippen LogP contribution in [0, 0.1) is 6.92 Å². The van der Waals surface area contributed by atoms with Gasteiger partial charge in [-0.3, -0.25) is 0 Å². The van der Waals surface area contributed by atoms with Crippen molar-refractivity contribution in [1.29, 1.82) is 0 Å². The highest BCUT2D eigenvalue weighted by Gasteiger charge is 2.06. The Morgan fingerprint density at radius 1 is 1.83 bits per heavy atom. The van der Waals surface area contributed by atoms with E-state index in [1.165, 1.54) is 0 Å². The van der Waals surface area contributed by atoms with Crippen LogP contribution in [0.15, 0.2) is 12.4 Å². The van der Waals surface area contributed by atoms with Gasteiger partial charge in [0.2, 0.25) is 0 Å². The van der Waals surface area contributed by atoms with Crippen molar-refractivity contribution in [3.63, 3.8) is 0 Å². The number of aliphatic carboxylic acids is 1. The minimum atomic E-state index is -1.03. The molecule has 1 rings (SSSR count). The molecule has 4 nitrogen and oxygen atoms in total. The monoisotopic (exact) mass is 167 g/mol. The maximum Gasteiger partial charge on any atom is 0.105 e. The molecule has 1 aromatic heterocycles. The molecule has 12 heavy (non-hydrogen) atoms. The highest BCUT2D eigenvalue weighted by molar-refractivity contribution is 5.64. The largest absolute Gasteiger partial charge is 0.550 e. The summed E-state index contributed by atoms with van der Waals surface area (Å²) >= 11 is 0. The molecule has 1 atom stereocenters. The number of hydrogen-bond acceptors (Lipinski definition) is 3. The second-order valence-corrected chi connectivity index (χ2v) is 2.81. The van der Waals surface area contributed by atoms with Crippen LogP contribution in [0.1, 0.15) is 25.2 Å². The second kappa shape index (κ2) is 3.38. The van der Waals surface area contributed by atoms with E-state index in [4.69, 9.17) is 0 Å². The SMILES string of the molecule is Cc1nccn1[C@H](C)CC(=O)[O-]. The van der Waals surface area contributed by atoms with Crippen molar-refractivity contribution >= 4 is 5.97 Å². The summed E-state index contributed by atoms with van der Waals surface area (Å²) in [5.41, 5.74) is 0. The van der Waals surface area contributed by atoms with Gasteiger partial charge in [-0.25, -0.2) is 4.98 Å². The quantitative estimate of drug-likeness (QED) is 0.631. The van der Waals surface area contributed by atoms with Crippen LogP contribution in [0.4, 0.5) is 0 Å². The molecule has 66 valence electrons. The lowest BCUT2D eigenvalue weighted by Crippen LogP contribution is -2.25. The first kappa shape index (κ1) is 8.77. The van der Waals surface area contributed by atoms with Gasteiger partial charge >= 0.3 is 0 Å². The van der Waals surface area contributed by atoms with Gasteiger partial charge in [-0.15, -0.1) is 0 Å². The lowest BCUT2D eigenvalue weighted by Gasteiger charge is -2.14. The van der Waals surface area contributed by atoms with Gasteiger partial charge in [-0.1, -0.05) is 0 Å². The molecular weight excluding hydrogens is 156 g/mol. The molecule has 0 spiro atoms. The number of carboxylic acids is 1. The van der Waals surface area contributed by atoms with Crippen molar-refractivity contribution in [2.24, 2.45) is 0 Å². The van der Waals surface area contributed by atoms with Crippen molar-refractivity contribution in [2.45, 2.75) is 26.3 Å². The first-order chi connectivity index (χ1) is 5.61. The van der Waals surface area contributed by atoms with E-state index in [0.29, 0.717) is 0 Å². The first-order valence-corrected chi connectivity index (χ1v) is 3.80. The van der Waals surface area contributed by atoms with Crippen molar-refractivity contribution in [2.75, 3.05) is 0 Å². The van der Waals surface area contributed by atoms with Crippen LogP contribution in [0.5, 0.6) is 0 Å². The molecule has 1 heterocycles. The maximum atomic E-state index is 10.3. The highest BCUT2D eigenvalue weighted by Crippen LogP contribution is 2.11. The Hall–Kier alpha value is -1.32. The molecule has 0 fully saturated rings. The van der Waals surface area contributed by atoms with Gasteiger partial charge < -0.3 is 14.5 Å². The zero-order chi connectivity index (χ0) is 9.14. The van der Waals surface area contributed by atoms with Crippen molar-refractivity contribution < 1.29 is 9.90 Å². The van der Waals surface area contributed by atoms with Gasteiger partial charge in [-0.2, -0.15) is 0 Å². The summed E-state index contributed by atoms with van der Waals surface area (Å²) in [5.74, 6) is -0.209. The van der Waals surface area contributed by atoms with Gasteiger partial charge in [0.05, 0.1) is 0 Å². The van der Waals surface area contributed by atoms with E-state index in [2.05, 4.69) is 4.98 Å². The van der Waals surface area contributed by atoms with E-state index >= 15 is 0 Å². The van der Waals surface area contributed by atoms with Gasteiger partial charge in [-0.05, 0) is 13.8 Å². The third-order valence-electron chi connectivity index (χ3n) is 1.80. The third kappa shape index (κ3) is 1.84. The summed E-state index contributed by atoms with van der Waals surface area (Å²) in [6, 6.07) is -0.0856. The average molecular weight is 167 g/mol. The third-order valence-corrected chi connectivity index (χ3v) is 1.80. The Balaban J connectivity index is 2.71. The van der Waals surface area contributed by atoms with Gasteiger partial charge in [0.25, 0.3) is 0 Å². The van der Waals surface area contributed by atoms with Crippen LogP contribution in [0.2, 0.25) is 0 Å². The summed E-state index contributed by atoms with van der Waals surface area (Å²) in [6.07, 6.45) is 3.45. The summed E-state index contributed by atoms with van der Waals surface area (Å²) < 4.78 is 1.82. The Bertz CT molecular complexity index is 280. The van der Waals surface area contributed by atoms with Gasteiger partial charge in [0, 0.05) is 30.8 Å². The minimum Gasteiger partial charge on any atom is -0.550 e. The smallest absolute Gasteiger partial charge is 0.105 e. The second-order valence-electron chi connectivity index (χ2n) is 2.81. The number of hydrogen-bond donors (Lipinski definition) is 0. The average Bonchev–Trinajstić information content (AvgIpc) is 2.33. The number of rotatable bonds is 3. The van der Waals surface area contributed by atoms with Gasteiger partial charge in [0.1, 0.15) is 5.82 Å². The molecule has 0 radical (unpaired) electrons. The molecule has 0 aliphatic heterocycles. The lowest BCUT2D eigenvalue weighted by atomic mass is 10.2. The van der Waals surface area contributed by atoms with E-state index in [1.807, 2.05) is 18.4 Å². The normalized spacial score (nSPS) is 12.8. The number of imidazole rings is 1. The molecule has 0 aliphatic carbocycles. The van der Waals surface area contributed by atoms with Crippen LogP contribution in [-0.2, 0) is 4.79 Å². The zero-order valence-electron chi connectivity index (χ0n) is 7.15. The fourth-order valence-electron chi connectivity index (χ4n) is 1.19. The van der Waals surface area contributed by atoms with Crippen molar-refractivity contribution in [3.8, 4) is 0 Å². The predicted molar refractivity (Wildman–Crippen MR) is 41.3 cm³/mol. The van der Waals surface area contributed by atoms with Gasteiger partial charge in [0.15, 0.2) is 0 Å². The van der Waals surface area contributed by atoms with Crippen LogP contribution in [0.25, 0.3) is 0 Å². The zero-order valence-corrected chi connectivity index (χ0v) is 7.15. The van der Waals surface area contributed by atoms with E-state index < -0.39 is 5.97 Å². The summed E-state index contributed by atoms with van der Waals surface area (Å²) in [7, 11) is 0. The number of carbonyl (C=O) groups is 1. The Kier molecular flexibility index (Phi) is 2.47. The molecule has 0 aliphatic rings. The summed E-state index contributed by atoms with van der Waals surface area (Å²) in [4.78, 5) is 14.3. The lowest BCUT2D eigenvalue weighted by molar-refractivity contribution is -0.306. The molecule has 4 heteroatoms. The van der Waals surface area contributed by atoms with E-state index in [9.17, 15) is 9.90 Å². The molecule has 0 saturated heterocycles. The van der Waals surface area contributed by atoms with Crippen LogP contribution >= 0.6 is 0 Å². The Labute approximate surface area is 70.9 Å². The van der Waals surface area contributed by atoms with Crippen LogP contribution in [0.3, 0.4) is 0 Å². The van der Waals surface area contributed by atoms with Crippen LogP contribution in [-0.4, -0.2) is 15.5 Å². The first-order valence-electron chi connectivity index (χ1n) is 3.80. The predicted octanol–water partition coefficient (Wildman–Crippen LogP) is -0.107. The fraction of sp³-hybridized carbons (Fsp3) is 0.500. The number of nitrogens with zero attached hydrogens (tertiary/aromatic N) is 2. The number of carboxylic acid groups (broad SMARTS) is 1. The van der Waals surface area contributed by atoms with Crippen molar-refractivity contribution in [1.82, 2.24) is 9.55 Å². The Morgan fingerprint density at radius 2 is 2.50 bits per heavy atom. The standard InChI is InChI=1S/C8H12N2O2/c1-6(5-8(11)12)10-4-3-9-7(10)2/h3-4,6H,5H2,1-2H3,(H,11,12)/p-1/t6-/m1/s1.